The van der Waals surface area contributed by atoms with Gasteiger partial charge in [0.05, 0.1) is 0 Å². The van der Waals surface area contributed by atoms with Gasteiger partial charge in [-0.3, -0.25) is 10.2 Å². The molecule has 1 aliphatic heterocycles. The summed E-state index contributed by atoms with van der Waals surface area (Å²) in [6.07, 6.45) is -5.91. The summed E-state index contributed by atoms with van der Waals surface area (Å²) in [5.41, 5.74) is 0.922. The van der Waals surface area contributed by atoms with E-state index in [0.717, 1.165) is 5.43 Å². The number of rotatable bonds is 9. The number of amides is 1. The minimum absolute atomic E-state index is 0.0316. The van der Waals surface area contributed by atoms with E-state index in [2.05, 4.69) is 0 Å². The van der Waals surface area contributed by atoms with Gasteiger partial charge < -0.3 is 4.90 Å². The summed E-state index contributed by atoms with van der Waals surface area (Å²) < 4.78 is 212. The standard InChI is InChI=1S/C14H13F16N3O/c1-32-2-4-33(5-3-32)31-7(34)9(19,20)11(23,24)13(27,28)14(29,30)12(25,26)10(21,22)8(17,18)6(15)16/h6H,2-5H2,1H3,(H,31,34). The second-order valence-corrected chi connectivity index (χ2v) is 7.10. The van der Waals surface area contributed by atoms with Crippen LogP contribution in [0.2, 0.25) is 0 Å². The second kappa shape index (κ2) is 8.74. The molecule has 1 N–H and O–H groups in total. The van der Waals surface area contributed by atoms with E-state index in [-0.39, 0.29) is 13.1 Å². The largest absolute Gasteiger partial charge is 0.394 e. The molecule has 0 atom stereocenters. The van der Waals surface area contributed by atoms with Gasteiger partial charge in [0.15, 0.2) is 0 Å². The van der Waals surface area contributed by atoms with Crippen molar-refractivity contribution in [2.45, 2.75) is 47.9 Å². The molecule has 1 fully saturated rings. The Morgan fingerprint density at radius 3 is 1.38 bits per heavy atom. The molecule has 4 nitrogen and oxygen atoms in total. The van der Waals surface area contributed by atoms with Crippen molar-refractivity contribution in [1.29, 1.82) is 0 Å². The van der Waals surface area contributed by atoms with Crippen LogP contribution in [0.3, 0.4) is 0 Å². The number of carbonyl (C=O) groups excluding carboxylic acids is 1. The number of likely N-dealkylation sites (N-methyl/N-ethyl adjacent to an activating group) is 1. The molecule has 0 spiro atoms. The summed E-state index contributed by atoms with van der Waals surface area (Å²) in [5.74, 6) is -59.4. The Bertz CT molecular complexity index is 747. The predicted octanol–water partition coefficient (Wildman–Crippen LogP) is 3.98. The van der Waals surface area contributed by atoms with Crippen molar-refractivity contribution < 1.29 is 75.0 Å². The molecule has 0 bridgehead atoms. The SMILES string of the molecule is CN1CCN(NC(=O)C(F)(F)C(F)(F)C(F)(F)C(F)(F)C(F)(F)C(F)(F)C(F)(F)C(F)F)CC1. The smallest absolute Gasteiger partial charge is 0.304 e. The maximum atomic E-state index is 13.8. The number of hydrogen-bond acceptors (Lipinski definition) is 3. The zero-order chi connectivity index (χ0) is 27.3. The molecule has 0 aliphatic carbocycles. The van der Waals surface area contributed by atoms with Gasteiger partial charge in [0, 0.05) is 26.2 Å². The lowest BCUT2D eigenvalue weighted by atomic mass is 9.89. The van der Waals surface area contributed by atoms with E-state index in [1.165, 1.54) is 11.9 Å². The molecule has 1 aliphatic rings. The van der Waals surface area contributed by atoms with Crippen molar-refractivity contribution in [2.75, 3.05) is 33.2 Å². The van der Waals surface area contributed by atoms with E-state index < -0.39 is 66.9 Å². The fourth-order valence-corrected chi connectivity index (χ4v) is 2.41. The highest BCUT2D eigenvalue weighted by Crippen LogP contribution is 2.62. The number of nitrogens with zero attached hydrogens (tertiary/aromatic N) is 2. The van der Waals surface area contributed by atoms with Gasteiger partial charge in [-0.15, -0.1) is 0 Å². The Labute approximate surface area is 178 Å². The maximum absolute atomic E-state index is 13.8. The summed E-state index contributed by atoms with van der Waals surface area (Å²) in [4.78, 5) is 12.9. The van der Waals surface area contributed by atoms with Crippen LogP contribution in [0.4, 0.5) is 70.2 Å². The van der Waals surface area contributed by atoms with Gasteiger partial charge in [-0.05, 0) is 7.05 Å². The molecule has 0 aromatic heterocycles. The first-order chi connectivity index (χ1) is 14.8. The van der Waals surface area contributed by atoms with Crippen molar-refractivity contribution in [2.24, 2.45) is 0 Å². The molecule has 20 heteroatoms. The van der Waals surface area contributed by atoms with Gasteiger partial charge in [0.1, 0.15) is 0 Å². The third kappa shape index (κ3) is 4.23. The molecule has 0 radical (unpaired) electrons. The quantitative estimate of drug-likeness (QED) is 0.448. The number of nitrogens with one attached hydrogen (secondary N) is 1. The highest BCUT2D eigenvalue weighted by atomic mass is 19.4. The fourth-order valence-electron chi connectivity index (χ4n) is 2.41. The van der Waals surface area contributed by atoms with Gasteiger partial charge in [-0.1, -0.05) is 0 Å². The number of hydrogen-bond donors (Lipinski definition) is 1. The van der Waals surface area contributed by atoms with E-state index in [1.54, 1.807) is 0 Å². The van der Waals surface area contributed by atoms with Crippen LogP contribution in [0.15, 0.2) is 0 Å². The number of hydrazine groups is 1. The molecule has 0 aromatic rings. The Hall–Kier alpha value is -1.73. The summed E-state index contributed by atoms with van der Waals surface area (Å²) in [6, 6.07) is 0. The lowest BCUT2D eigenvalue weighted by Crippen LogP contribution is -2.75. The summed E-state index contributed by atoms with van der Waals surface area (Å²) in [5, 5.41) is 0.411. The van der Waals surface area contributed by atoms with Gasteiger partial charge in [-0.25, -0.2) is 13.8 Å². The predicted molar refractivity (Wildman–Crippen MR) is 77.8 cm³/mol. The number of halogens is 16. The zero-order valence-electron chi connectivity index (χ0n) is 16.3. The van der Waals surface area contributed by atoms with Gasteiger partial charge in [0.2, 0.25) is 0 Å². The first-order valence-electron chi connectivity index (χ1n) is 8.51. The molecular formula is C14H13F16N3O. The summed E-state index contributed by atoms with van der Waals surface area (Å²) in [6.45, 7) is -0.890. The summed E-state index contributed by atoms with van der Waals surface area (Å²) >= 11 is 0. The molecule has 1 amide bonds. The molecule has 0 saturated carbocycles. The molecule has 0 unspecified atom stereocenters. The van der Waals surface area contributed by atoms with Crippen LogP contribution in [0.1, 0.15) is 0 Å². The van der Waals surface area contributed by atoms with Crippen LogP contribution in [-0.2, 0) is 4.79 Å². The third-order valence-corrected chi connectivity index (χ3v) is 4.71. The van der Waals surface area contributed by atoms with Gasteiger partial charge >= 0.3 is 53.8 Å². The monoisotopic (exact) mass is 543 g/mol. The number of carbonyl (C=O) groups is 1. The molecule has 0 aromatic carbocycles. The molecular weight excluding hydrogens is 530 g/mol. The van der Waals surface area contributed by atoms with E-state index in [9.17, 15) is 75.0 Å². The number of piperazine rings is 1. The Morgan fingerprint density at radius 1 is 0.647 bits per heavy atom. The normalized spacial score (nSPS) is 19.0. The van der Waals surface area contributed by atoms with Crippen molar-refractivity contribution in [3.63, 3.8) is 0 Å². The van der Waals surface area contributed by atoms with Gasteiger partial charge in [-0.2, -0.15) is 61.5 Å². The molecule has 34 heavy (non-hydrogen) atoms. The van der Waals surface area contributed by atoms with Crippen LogP contribution < -0.4 is 5.43 Å². The molecule has 1 heterocycles. The fraction of sp³-hybridized carbons (Fsp3) is 0.929. The van der Waals surface area contributed by atoms with Crippen molar-refractivity contribution >= 4 is 5.91 Å². The third-order valence-electron chi connectivity index (χ3n) is 4.71. The Morgan fingerprint density at radius 2 is 1.00 bits per heavy atom. The highest BCUT2D eigenvalue weighted by Gasteiger charge is 2.94. The van der Waals surface area contributed by atoms with E-state index in [4.69, 9.17) is 0 Å². The first kappa shape index (κ1) is 30.3. The zero-order valence-corrected chi connectivity index (χ0v) is 16.3. The first-order valence-corrected chi connectivity index (χ1v) is 8.51. The number of alkyl halides is 16. The molecule has 1 saturated heterocycles. The van der Waals surface area contributed by atoms with E-state index in [0.29, 0.717) is 5.01 Å². The Balaban J connectivity index is 3.40. The lowest BCUT2D eigenvalue weighted by Gasteiger charge is -2.42. The van der Waals surface area contributed by atoms with Crippen molar-refractivity contribution in [3.8, 4) is 0 Å². The average Bonchev–Trinajstić information content (AvgIpc) is 2.68. The van der Waals surface area contributed by atoms with Crippen LogP contribution in [-0.4, -0.2) is 96.9 Å². The molecule has 202 valence electrons. The minimum Gasteiger partial charge on any atom is -0.304 e. The van der Waals surface area contributed by atoms with E-state index in [1.807, 2.05) is 0 Å². The molecule has 1 rings (SSSR count). The van der Waals surface area contributed by atoms with Crippen LogP contribution in [0.25, 0.3) is 0 Å². The highest BCUT2D eigenvalue weighted by molar-refractivity contribution is 5.84. The van der Waals surface area contributed by atoms with Gasteiger partial charge in [0.25, 0.3) is 0 Å². The Kier molecular flexibility index (Phi) is 7.79. The average molecular weight is 543 g/mol. The van der Waals surface area contributed by atoms with Crippen LogP contribution >= 0.6 is 0 Å². The van der Waals surface area contributed by atoms with Crippen molar-refractivity contribution in [3.05, 3.63) is 0 Å². The van der Waals surface area contributed by atoms with E-state index >= 15 is 0 Å². The topological polar surface area (TPSA) is 35.6 Å². The van der Waals surface area contributed by atoms with Crippen LogP contribution in [0.5, 0.6) is 0 Å². The van der Waals surface area contributed by atoms with Crippen molar-refractivity contribution in [1.82, 2.24) is 15.3 Å². The minimum atomic E-state index is -8.52. The maximum Gasteiger partial charge on any atom is 0.394 e. The lowest BCUT2D eigenvalue weighted by molar-refractivity contribution is -0.443. The van der Waals surface area contributed by atoms with Crippen LogP contribution in [0, 0.1) is 0 Å². The summed E-state index contributed by atoms with van der Waals surface area (Å²) in [7, 11) is 1.46. The second-order valence-electron chi connectivity index (χ2n) is 7.10.